The number of pyridine rings is 1. The summed E-state index contributed by atoms with van der Waals surface area (Å²) in [6.45, 7) is 0.136. The number of halogens is 3. The summed E-state index contributed by atoms with van der Waals surface area (Å²) in [5.74, 6) is -2.72. The molecular weight excluding hydrogens is 340 g/mol. The van der Waals surface area contributed by atoms with Gasteiger partial charge in [0.2, 0.25) is 0 Å². The lowest BCUT2D eigenvalue weighted by Gasteiger charge is -2.43. The molecule has 0 saturated carbocycles. The minimum Gasteiger partial charge on any atom is -0.324 e. The van der Waals surface area contributed by atoms with E-state index in [1.165, 1.54) is 4.90 Å². The maximum atomic E-state index is 12.9. The maximum absolute atomic E-state index is 12.9. The second kappa shape index (κ2) is 5.54. The molecule has 128 valence electrons. The zero-order valence-electron chi connectivity index (χ0n) is 12.8. The number of fused-ring (bicyclic) bond motifs is 1. The highest BCUT2D eigenvalue weighted by Gasteiger charge is 2.47. The van der Waals surface area contributed by atoms with Gasteiger partial charge in [0.15, 0.2) is 5.65 Å². The van der Waals surface area contributed by atoms with Crippen molar-refractivity contribution in [3.8, 4) is 0 Å². The summed E-state index contributed by atoms with van der Waals surface area (Å²) in [6, 6.07) is 3.47. The van der Waals surface area contributed by atoms with E-state index in [-0.39, 0.29) is 12.1 Å². The van der Waals surface area contributed by atoms with Crippen molar-refractivity contribution in [1.29, 1.82) is 0 Å². The Kier molecular flexibility index (Phi) is 3.59. The minimum absolute atomic E-state index is 0.167. The van der Waals surface area contributed by atoms with Gasteiger partial charge >= 0.3 is 6.03 Å². The summed E-state index contributed by atoms with van der Waals surface area (Å²) in [7, 11) is 0. The SMILES string of the molecule is O=C(N1CCC(n2cc3ccc(Cl)nc3n2)CC1)N1CC(F)(F)C1. The topological polar surface area (TPSA) is 54.3 Å². The number of urea groups is 1. The van der Waals surface area contributed by atoms with Gasteiger partial charge in [0, 0.05) is 24.7 Å². The fourth-order valence-electron chi connectivity index (χ4n) is 3.25. The largest absolute Gasteiger partial charge is 0.324 e. The quantitative estimate of drug-likeness (QED) is 0.739. The van der Waals surface area contributed by atoms with Gasteiger partial charge in [0.05, 0.1) is 19.1 Å². The lowest BCUT2D eigenvalue weighted by Crippen LogP contribution is -2.62. The number of hydrogen-bond donors (Lipinski definition) is 0. The summed E-state index contributed by atoms with van der Waals surface area (Å²) in [4.78, 5) is 19.2. The third-order valence-corrected chi connectivity index (χ3v) is 4.79. The van der Waals surface area contributed by atoms with E-state index in [0.29, 0.717) is 23.9 Å². The van der Waals surface area contributed by atoms with Crippen LogP contribution in [0.4, 0.5) is 13.6 Å². The fraction of sp³-hybridized carbons (Fsp3) is 0.533. The predicted octanol–water partition coefficient (Wildman–Crippen LogP) is 2.79. The van der Waals surface area contributed by atoms with Gasteiger partial charge in [-0.25, -0.2) is 18.6 Å². The van der Waals surface area contributed by atoms with E-state index < -0.39 is 19.0 Å². The molecule has 4 heterocycles. The number of amides is 2. The van der Waals surface area contributed by atoms with E-state index in [0.717, 1.165) is 18.2 Å². The zero-order valence-corrected chi connectivity index (χ0v) is 13.6. The number of likely N-dealkylation sites (tertiary alicyclic amines) is 2. The van der Waals surface area contributed by atoms with Crippen molar-refractivity contribution in [2.45, 2.75) is 24.8 Å². The molecule has 0 aliphatic carbocycles. The lowest BCUT2D eigenvalue weighted by molar-refractivity contribution is -0.114. The highest BCUT2D eigenvalue weighted by Crippen LogP contribution is 2.30. The molecule has 2 aromatic heterocycles. The molecule has 0 radical (unpaired) electrons. The van der Waals surface area contributed by atoms with Crippen molar-refractivity contribution in [3.05, 3.63) is 23.5 Å². The number of piperidine rings is 1. The average Bonchev–Trinajstić information content (AvgIpc) is 2.95. The number of rotatable bonds is 1. The first kappa shape index (κ1) is 15.6. The van der Waals surface area contributed by atoms with Gasteiger partial charge in [-0.05, 0) is 25.0 Å². The summed E-state index contributed by atoms with van der Waals surface area (Å²) < 4.78 is 27.6. The Balaban J connectivity index is 1.39. The van der Waals surface area contributed by atoms with Crippen molar-refractivity contribution >= 4 is 28.7 Å². The van der Waals surface area contributed by atoms with Crippen molar-refractivity contribution in [2.24, 2.45) is 0 Å². The van der Waals surface area contributed by atoms with E-state index in [4.69, 9.17) is 11.6 Å². The molecule has 2 aliphatic rings. The molecule has 0 bridgehead atoms. The number of aromatic nitrogens is 3. The Morgan fingerprint density at radius 2 is 1.92 bits per heavy atom. The van der Waals surface area contributed by atoms with Crippen molar-refractivity contribution in [1.82, 2.24) is 24.6 Å². The smallest absolute Gasteiger partial charge is 0.320 e. The van der Waals surface area contributed by atoms with Crippen LogP contribution in [-0.2, 0) is 0 Å². The molecule has 9 heteroatoms. The van der Waals surface area contributed by atoms with Crippen LogP contribution in [0, 0.1) is 0 Å². The summed E-state index contributed by atoms with van der Waals surface area (Å²) in [5, 5.41) is 5.78. The van der Waals surface area contributed by atoms with Gasteiger partial charge in [-0.2, -0.15) is 5.10 Å². The molecule has 24 heavy (non-hydrogen) atoms. The highest BCUT2D eigenvalue weighted by atomic mass is 35.5. The van der Waals surface area contributed by atoms with Crippen LogP contribution in [0.15, 0.2) is 18.3 Å². The van der Waals surface area contributed by atoms with E-state index in [1.54, 1.807) is 11.0 Å². The molecule has 0 aromatic carbocycles. The fourth-order valence-corrected chi connectivity index (χ4v) is 3.40. The molecule has 4 rings (SSSR count). The van der Waals surface area contributed by atoms with E-state index in [9.17, 15) is 13.6 Å². The Morgan fingerprint density at radius 1 is 1.21 bits per heavy atom. The number of hydrogen-bond acceptors (Lipinski definition) is 3. The van der Waals surface area contributed by atoms with Gasteiger partial charge in [-0.15, -0.1) is 0 Å². The Bertz CT molecular complexity index is 779. The number of carbonyl (C=O) groups is 1. The van der Waals surface area contributed by atoms with Gasteiger partial charge in [-0.1, -0.05) is 11.6 Å². The standard InChI is InChI=1S/C15H16ClF2N5O/c16-12-2-1-10-7-23(20-13(10)19-12)11-3-5-21(6-4-11)14(24)22-8-15(17,18)9-22/h1-2,7,11H,3-6,8-9H2. The first-order chi connectivity index (χ1) is 11.4. The van der Waals surface area contributed by atoms with Crippen LogP contribution in [0.1, 0.15) is 18.9 Å². The monoisotopic (exact) mass is 355 g/mol. The minimum atomic E-state index is -2.72. The van der Waals surface area contributed by atoms with Crippen molar-refractivity contribution in [2.75, 3.05) is 26.2 Å². The molecule has 2 fully saturated rings. The van der Waals surface area contributed by atoms with Crippen LogP contribution in [0.5, 0.6) is 0 Å². The number of alkyl halides is 2. The molecule has 0 atom stereocenters. The van der Waals surface area contributed by atoms with Crippen LogP contribution in [0.2, 0.25) is 5.15 Å². The molecule has 2 aromatic rings. The Hall–Kier alpha value is -1.96. The summed E-state index contributed by atoms with van der Waals surface area (Å²) in [6.07, 6.45) is 3.40. The third-order valence-electron chi connectivity index (χ3n) is 4.58. The number of nitrogens with zero attached hydrogens (tertiary/aromatic N) is 5. The van der Waals surface area contributed by atoms with Crippen molar-refractivity contribution in [3.63, 3.8) is 0 Å². The Morgan fingerprint density at radius 3 is 2.58 bits per heavy atom. The van der Waals surface area contributed by atoms with Gasteiger partial charge in [0.25, 0.3) is 5.92 Å². The summed E-state index contributed by atoms with van der Waals surface area (Å²) >= 11 is 5.87. The molecule has 0 spiro atoms. The van der Waals surface area contributed by atoms with Gasteiger partial charge < -0.3 is 9.80 Å². The van der Waals surface area contributed by atoms with Crippen LogP contribution < -0.4 is 0 Å². The molecule has 0 N–H and O–H groups in total. The highest BCUT2D eigenvalue weighted by molar-refractivity contribution is 6.29. The van der Waals surface area contributed by atoms with Gasteiger partial charge in [0.1, 0.15) is 5.15 Å². The van der Waals surface area contributed by atoms with Crippen LogP contribution in [0.3, 0.4) is 0 Å². The van der Waals surface area contributed by atoms with Crippen LogP contribution in [-0.4, -0.2) is 62.7 Å². The van der Waals surface area contributed by atoms with Crippen molar-refractivity contribution < 1.29 is 13.6 Å². The molecule has 2 saturated heterocycles. The maximum Gasteiger partial charge on any atom is 0.320 e. The Labute approximate surface area is 142 Å². The lowest BCUT2D eigenvalue weighted by atomic mass is 10.1. The molecule has 2 aliphatic heterocycles. The molecule has 6 nitrogen and oxygen atoms in total. The first-order valence-electron chi connectivity index (χ1n) is 7.84. The van der Waals surface area contributed by atoms with Crippen LogP contribution >= 0.6 is 11.6 Å². The van der Waals surface area contributed by atoms with E-state index >= 15 is 0 Å². The summed E-state index contributed by atoms with van der Waals surface area (Å²) in [5.41, 5.74) is 0.601. The number of carbonyl (C=O) groups excluding carboxylic acids is 1. The van der Waals surface area contributed by atoms with E-state index in [2.05, 4.69) is 10.1 Å². The van der Waals surface area contributed by atoms with Gasteiger partial charge in [-0.3, -0.25) is 4.68 Å². The van der Waals surface area contributed by atoms with E-state index in [1.807, 2.05) is 16.9 Å². The third kappa shape index (κ3) is 2.79. The normalized spacial score (nSPS) is 21.1. The second-order valence-corrected chi connectivity index (χ2v) is 6.76. The zero-order chi connectivity index (χ0) is 16.9. The molecule has 0 unspecified atom stereocenters. The average molecular weight is 356 g/mol. The first-order valence-corrected chi connectivity index (χ1v) is 8.22. The second-order valence-electron chi connectivity index (χ2n) is 6.37. The van der Waals surface area contributed by atoms with Crippen LogP contribution in [0.25, 0.3) is 11.0 Å². The molecule has 2 amide bonds. The molecular formula is C15H16ClF2N5O. The predicted molar refractivity (Wildman–Crippen MR) is 84.3 cm³/mol.